The molecule has 0 unspecified atom stereocenters. The lowest BCUT2D eigenvalue weighted by Gasteiger charge is -2.16. The van der Waals surface area contributed by atoms with Crippen molar-refractivity contribution in [2.45, 2.75) is 13.3 Å². The fraction of sp³-hybridized carbons (Fsp3) is 0.261. The predicted octanol–water partition coefficient (Wildman–Crippen LogP) is 3.57. The Bertz CT molecular complexity index is 1080. The molecule has 0 fully saturated rings. The van der Waals surface area contributed by atoms with E-state index in [1.807, 2.05) is 56.3 Å². The second-order valence-corrected chi connectivity index (χ2v) is 7.30. The van der Waals surface area contributed by atoms with Gasteiger partial charge >= 0.3 is 0 Å². The number of hydrogen-bond donors (Lipinski definition) is 1. The summed E-state index contributed by atoms with van der Waals surface area (Å²) in [5, 5.41) is 14.2. The first-order valence-corrected chi connectivity index (χ1v) is 10.0. The summed E-state index contributed by atoms with van der Waals surface area (Å²) in [6.07, 6.45) is 0.515. The number of likely N-dealkylation sites (N-methyl/N-ethyl adjacent to an activating group) is 1. The average Bonchev–Trinajstić information content (AvgIpc) is 2.78. The Kier molecular flexibility index (Phi) is 7.04. The maximum Gasteiger partial charge on any atom is 0.270 e. The number of rotatable bonds is 8. The van der Waals surface area contributed by atoms with Crippen molar-refractivity contribution < 1.29 is 9.72 Å². The Balaban J connectivity index is 2.17. The van der Waals surface area contributed by atoms with E-state index in [1.54, 1.807) is 12.1 Å². The van der Waals surface area contributed by atoms with Gasteiger partial charge in [0.05, 0.1) is 21.9 Å². The van der Waals surface area contributed by atoms with Gasteiger partial charge in [-0.05, 0) is 20.5 Å². The Morgan fingerprint density at radius 3 is 2.42 bits per heavy atom. The van der Waals surface area contributed by atoms with Crippen LogP contribution in [0.3, 0.4) is 0 Å². The van der Waals surface area contributed by atoms with Crippen molar-refractivity contribution in [3.63, 3.8) is 0 Å². The molecule has 0 bridgehead atoms. The standard InChI is InChI=1S/C23H25N5O3/c1-4-19-20(23(29)24-13-14-27(2)3)21(17-11-8-12-18(15-17)28(30)31)26-22(25-19)16-9-6-5-7-10-16/h5-12,15H,4,13-14H2,1-3H3,(H,24,29). The number of hydrogen-bond acceptors (Lipinski definition) is 6. The van der Waals surface area contributed by atoms with Crippen molar-refractivity contribution >= 4 is 11.6 Å². The third-order valence-corrected chi connectivity index (χ3v) is 4.75. The molecule has 8 nitrogen and oxygen atoms in total. The number of nitro groups is 1. The first-order chi connectivity index (χ1) is 14.9. The summed E-state index contributed by atoms with van der Waals surface area (Å²) in [5.41, 5.74) is 2.58. The lowest BCUT2D eigenvalue weighted by Crippen LogP contribution is -2.32. The lowest BCUT2D eigenvalue weighted by atomic mass is 10.0. The second-order valence-electron chi connectivity index (χ2n) is 7.30. The van der Waals surface area contributed by atoms with Crippen molar-refractivity contribution in [2.24, 2.45) is 0 Å². The highest BCUT2D eigenvalue weighted by Crippen LogP contribution is 2.29. The molecule has 2 aromatic carbocycles. The van der Waals surface area contributed by atoms with Gasteiger partial charge in [-0.15, -0.1) is 0 Å². The number of benzene rings is 2. The zero-order valence-electron chi connectivity index (χ0n) is 17.8. The Morgan fingerprint density at radius 1 is 1.06 bits per heavy atom. The van der Waals surface area contributed by atoms with Crippen LogP contribution in [-0.4, -0.2) is 52.9 Å². The molecule has 0 saturated carbocycles. The number of amides is 1. The predicted molar refractivity (Wildman–Crippen MR) is 120 cm³/mol. The second kappa shape index (κ2) is 9.90. The quantitative estimate of drug-likeness (QED) is 0.442. The van der Waals surface area contributed by atoms with Crippen LogP contribution in [0.2, 0.25) is 0 Å². The molecular weight excluding hydrogens is 394 g/mol. The molecule has 0 radical (unpaired) electrons. The Labute approximate surface area is 181 Å². The highest BCUT2D eigenvalue weighted by molar-refractivity contribution is 6.01. The monoisotopic (exact) mass is 419 g/mol. The SMILES string of the molecule is CCc1nc(-c2ccccc2)nc(-c2cccc([N+](=O)[O-])c2)c1C(=O)NCCN(C)C. The fourth-order valence-corrected chi connectivity index (χ4v) is 3.18. The van der Waals surface area contributed by atoms with Crippen LogP contribution >= 0.6 is 0 Å². The van der Waals surface area contributed by atoms with Gasteiger partial charge < -0.3 is 10.2 Å². The van der Waals surface area contributed by atoms with Gasteiger partial charge in [0.2, 0.25) is 0 Å². The van der Waals surface area contributed by atoms with E-state index in [0.717, 1.165) is 5.56 Å². The Morgan fingerprint density at radius 2 is 1.77 bits per heavy atom. The van der Waals surface area contributed by atoms with E-state index in [9.17, 15) is 14.9 Å². The van der Waals surface area contributed by atoms with Gasteiger partial charge in [0.1, 0.15) is 0 Å². The number of nitrogens with one attached hydrogen (secondary N) is 1. The zero-order chi connectivity index (χ0) is 22.4. The zero-order valence-corrected chi connectivity index (χ0v) is 17.8. The summed E-state index contributed by atoms with van der Waals surface area (Å²) in [5.74, 6) is 0.184. The van der Waals surface area contributed by atoms with Crippen LogP contribution in [0.4, 0.5) is 5.69 Å². The number of aryl methyl sites for hydroxylation is 1. The van der Waals surface area contributed by atoms with Gasteiger partial charge in [0, 0.05) is 36.3 Å². The largest absolute Gasteiger partial charge is 0.351 e. The fourth-order valence-electron chi connectivity index (χ4n) is 3.18. The molecular formula is C23H25N5O3. The smallest absolute Gasteiger partial charge is 0.270 e. The number of carbonyl (C=O) groups excluding carboxylic acids is 1. The van der Waals surface area contributed by atoms with Gasteiger partial charge in [0.15, 0.2) is 5.82 Å². The molecule has 8 heteroatoms. The average molecular weight is 419 g/mol. The first-order valence-electron chi connectivity index (χ1n) is 10.0. The van der Waals surface area contributed by atoms with E-state index in [0.29, 0.717) is 47.8 Å². The molecule has 3 aromatic rings. The maximum absolute atomic E-state index is 13.1. The molecule has 0 aliphatic heterocycles. The highest BCUT2D eigenvalue weighted by Gasteiger charge is 2.23. The van der Waals surface area contributed by atoms with Crippen LogP contribution in [0.1, 0.15) is 23.0 Å². The first kappa shape index (κ1) is 22.0. The maximum atomic E-state index is 13.1. The van der Waals surface area contributed by atoms with Gasteiger partial charge in [-0.1, -0.05) is 49.4 Å². The molecule has 1 N–H and O–H groups in total. The summed E-state index contributed by atoms with van der Waals surface area (Å²) in [4.78, 5) is 35.3. The van der Waals surface area contributed by atoms with Gasteiger partial charge in [-0.3, -0.25) is 14.9 Å². The van der Waals surface area contributed by atoms with Crippen molar-refractivity contribution in [3.8, 4) is 22.6 Å². The normalized spacial score (nSPS) is 10.8. The molecule has 0 aliphatic rings. The topological polar surface area (TPSA) is 101 Å². The molecule has 1 heterocycles. The molecule has 160 valence electrons. The van der Waals surface area contributed by atoms with Crippen molar-refractivity contribution in [1.82, 2.24) is 20.2 Å². The van der Waals surface area contributed by atoms with Crippen molar-refractivity contribution in [2.75, 3.05) is 27.2 Å². The molecule has 3 rings (SSSR count). The summed E-state index contributed by atoms with van der Waals surface area (Å²) < 4.78 is 0. The van der Waals surface area contributed by atoms with Crippen LogP contribution < -0.4 is 5.32 Å². The molecule has 0 saturated heterocycles. The van der Waals surface area contributed by atoms with Crippen LogP contribution in [0.5, 0.6) is 0 Å². The van der Waals surface area contributed by atoms with Crippen LogP contribution in [-0.2, 0) is 6.42 Å². The van der Waals surface area contributed by atoms with E-state index in [1.165, 1.54) is 12.1 Å². The van der Waals surface area contributed by atoms with Gasteiger partial charge in [0.25, 0.3) is 11.6 Å². The van der Waals surface area contributed by atoms with Crippen LogP contribution in [0, 0.1) is 10.1 Å². The third-order valence-electron chi connectivity index (χ3n) is 4.75. The molecule has 0 aliphatic carbocycles. The van der Waals surface area contributed by atoms with E-state index in [2.05, 4.69) is 15.3 Å². The van der Waals surface area contributed by atoms with E-state index < -0.39 is 4.92 Å². The van der Waals surface area contributed by atoms with Crippen LogP contribution in [0.15, 0.2) is 54.6 Å². The lowest BCUT2D eigenvalue weighted by molar-refractivity contribution is -0.384. The van der Waals surface area contributed by atoms with E-state index in [-0.39, 0.29) is 11.6 Å². The number of non-ortho nitro benzene ring substituents is 1. The van der Waals surface area contributed by atoms with Crippen molar-refractivity contribution in [3.05, 3.63) is 76.0 Å². The summed E-state index contributed by atoms with van der Waals surface area (Å²) in [6, 6.07) is 15.6. The number of carbonyl (C=O) groups is 1. The summed E-state index contributed by atoms with van der Waals surface area (Å²) >= 11 is 0. The van der Waals surface area contributed by atoms with E-state index in [4.69, 9.17) is 0 Å². The number of nitro benzene ring substituents is 1. The Hall–Kier alpha value is -3.65. The summed E-state index contributed by atoms with van der Waals surface area (Å²) in [7, 11) is 3.85. The molecule has 31 heavy (non-hydrogen) atoms. The minimum atomic E-state index is -0.458. The highest BCUT2D eigenvalue weighted by atomic mass is 16.6. The number of aromatic nitrogens is 2. The van der Waals surface area contributed by atoms with Crippen molar-refractivity contribution in [1.29, 1.82) is 0 Å². The van der Waals surface area contributed by atoms with Gasteiger partial charge in [-0.2, -0.15) is 0 Å². The third kappa shape index (κ3) is 5.29. The summed E-state index contributed by atoms with van der Waals surface area (Å²) in [6.45, 7) is 3.07. The van der Waals surface area contributed by atoms with Gasteiger partial charge in [-0.25, -0.2) is 9.97 Å². The molecule has 1 amide bonds. The minimum absolute atomic E-state index is 0.0608. The molecule has 1 aromatic heterocycles. The van der Waals surface area contributed by atoms with E-state index >= 15 is 0 Å². The number of nitrogens with zero attached hydrogens (tertiary/aromatic N) is 4. The molecule has 0 atom stereocenters. The minimum Gasteiger partial charge on any atom is -0.351 e. The van der Waals surface area contributed by atoms with Crippen LogP contribution in [0.25, 0.3) is 22.6 Å². The molecule has 0 spiro atoms.